The molecule has 0 bridgehead atoms. The summed E-state index contributed by atoms with van der Waals surface area (Å²) in [6.07, 6.45) is 0. The average Bonchev–Trinajstić information content (AvgIpc) is 2.80. The highest BCUT2D eigenvalue weighted by molar-refractivity contribution is 7.84. The van der Waals surface area contributed by atoms with Crippen molar-refractivity contribution in [2.45, 2.75) is 17.7 Å². The first-order valence-electron chi connectivity index (χ1n) is 9.65. The SMILES string of the molecule is Cc1ccc(-c2cc(-c3ccccc3)c(C#N)c([S@](=O)Cc3ccccc3)n2)cc1. The van der Waals surface area contributed by atoms with Gasteiger partial charge in [0.2, 0.25) is 0 Å². The van der Waals surface area contributed by atoms with E-state index in [1.54, 1.807) is 0 Å². The second-order valence-corrected chi connectivity index (χ2v) is 8.42. The third-order valence-corrected chi connectivity index (χ3v) is 6.21. The van der Waals surface area contributed by atoms with Crippen molar-refractivity contribution in [2.75, 3.05) is 0 Å². The molecule has 1 aromatic heterocycles. The van der Waals surface area contributed by atoms with E-state index in [9.17, 15) is 9.47 Å². The van der Waals surface area contributed by atoms with Crippen molar-refractivity contribution in [3.05, 3.63) is 108 Å². The van der Waals surface area contributed by atoms with Crippen molar-refractivity contribution < 1.29 is 4.21 Å². The van der Waals surface area contributed by atoms with Crippen LogP contribution in [0.3, 0.4) is 0 Å². The van der Waals surface area contributed by atoms with Crippen molar-refractivity contribution >= 4 is 10.8 Å². The first kappa shape index (κ1) is 19.8. The summed E-state index contributed by atoms with van der Waals surface area (Å²) in [5, 5.41) is 10.3. The summed E-state index contributed by atoms with van der Waals surface area (Å²) in [4.78, 5) is 4.70. The molecule has 4 rings (SSSR count). The third-order valence-electron chi connectivity index (χ3n) is 4.89. The van der Waals surface area contributed by atoms with Crippen LogP contribution in [0, 0.1) is 18.3 Å². The molecule has 0 aliphatic heterocycles. The van der Waals surface area contributed by atoms with Crippen molar-refractivity contribution in [1.82, 2.24) is 4.98 Å². The summed E-state index contributed by atoms with van der Waals surface area (Å²) in [5.74, 6) is 0.314. The van der Waals surface area contributed by atoms with Gasteiger partial charge in [-0.1, -0.05) is 90.5 Å². The van der Waals surface area contributed by atoms with E-state index in [-0.39, 0.29) is 0 Å². The van der Waals surface area contributed by atoms with Crippen LogP contribution in [-0.4, -0.2) is 9.19 Å². The zero-order valence-electron chi connectivity index (χ0n) is 16.6. The molecule has 4 aromatic rings. The Balaban J connectivity index is 1.89. The van der Waals surface area contributed by atoms with E-state index < -0.39 is 10.8 Å². The molecule has 3 nitrogen and oxygen atoms in total. The average molecular weight is 409 g/mol. The molecule has 1 heterocycles. The lowest BCUT2D eigenvalue weighted by atomic mass is 9.99. The Morgan fingerprint density at radius 3 is 2.13 bits per heavy atom. The lowest BCUT2D eigenvalue weighted by molar-refractivity contribution is 0.679. The summed E-state index contributed by atoms with van der Waals surface area (Å²) in [5.41, 5.74) is 5.77. The Labute approximate surface area is 179 Å². The molecule has 0 aliphatic rings. The summed E-state index contributed by atoms with van der Waals surface area (Å²) in [7, 11) is -1.45. The molecular weight excluding hydrogens is 388 g/mol. The fourth-order valence-corrected chi connectivity index (χ4v) is 4.52. The molecule has 0 fully saturated rings. The number of hydrogen-bond donors (Lipinski definition) is 0. The molecule has 3 aromatic carbocycles. The van der Waals surface area contributed by atoms with Gasteiger partial charge in [0.25, 0.3) is 0 Å². The highest BCUT2D eigenvalue weighted by Crippen LogP contribution is 2.32. The summed E-state index contributed by atoms with van der Waals surface area (Å²) >= 11 is 0. The van der Waals surface area contributed by atoms with Gasteiger partial charge in [-0.05, 0) is 24.1 Å². The predicted octanol–water partition coefficient (Wildman–Crippen LogP) is 5.90. The van der Waals surface area contributed by atoms with Crippen LogP contribution in [0.2, 0.25) is 0 Å². The third kappa shape index (κ3) is 4.22. The molecular formula is C26H20N2OS. The Hall–Kier alpha value is -3.55. The fourth-order valence-electron chi connectivity index (χ4n) is 3.31. The van der Waals surface area contributed by atoms with Crippen molar-refractivity contribution in [2.24, 2.45) is 0 Å². The van der Waals surface area contributed by atoms with Crippen LogP contribution >= 0.6 is 0 Å². The Kier molecular flexibility index (Phi) is 5.83. The molecule has 0 spiro atoms. The van der Waals surface area contributed by atoms with E-state index in [2.05, 4.69) is 6.07 Å². The molecule has 0 unspecified atom stereocenters. The zero-order chi connectivity index (χ0) is 20.9. The molecule has 0 saturated carbocycles. The number of benzene rings is 3. The second-order valence-electron chi connectivity index (χ2n) is 7.05. The molecule has 4 heteroatoms. The molecule has 0 aliphatic carbocycles. The number of nitrogens with zero attached hydrogens (tertiary/aromatic N) is 2. The van der Waals surface area contributed by atoms with Gasteiger partial charge >= 0.3 is 0 Å². The summed E-state index contributed by atoms with van der Waals surface area (Å²) in [6, 6.07) is 31.6. The molecule has 1 atom stereocenters. The van der Waals surface area contributed by atoms with Gasteiger partial charge in [-0.25, -0.2) is 4.98 Å². The predicted molar refractivity (Wildman–Crippen MR) is 121 cm³/mol. The first-order valence-corrected chi connectivity index (χ1v) is 11.0. The lowest BCUT2D eigenvalue weighted by Crippen LogP contribution is -2.05. The van der Waals surface area contributed by atoms with Gasteiger partial charge in [0.15, 0.2) is 0 Å². The number of hydrogen-bond acceptors (Lipinski definition) is 3. The first-order chi connectivity index (χ1) is 14.7. The minimum Gasteiger partial charge on any atom is -0.252 e. The molecule has 0 radical (unpaired) electrons. The smallest absolute Gasteiger partial charge is 0.146 e. The van der Waals surface area contributed by atoms with Crippen LogP contribution in [0.25, 0.3) is 22.4 Å². The number of aryl methyl sites for hydroxylation is 1. The van der Waals surface area contributed by atoms with E-state index in [1.165, 1.54) is 0 Å². The molecule has 0 amide bonds. The van der Waals surface area contributed by atoms with E-state index in [4.69, 9.17) is 4.98 Å². The second kappa shape index (κ2) is 8.86. The van der Waals surface area contributed by atoms with Crippen LogP contribution in [0.4, 0.5) is 0 Å². The summed E-state index contributed by atoms with van der Waals surface area (Å²) in [6.45, 7) is 2.03. The maximum Gasteiger partial charge on any atom is 0.146 e. The van der Waals surface area contributed by atoms with Crippen LogP contribution in [0.15, 0.2) is 96.0 Å². The van der Waals surface area contributed by atoms with Gasteiger partial charge in [0.1, 0.15) is 11.1 Å². The van der Waals surface area contributed by atoms with Crippen LogP contribution in [0.1, 0.15) is 16.7 Å². The van der Waals surface area contributed by atoms with E-state index in [0.717, 1.165) is 27.8 Å². The maximum atomic E-state index is 13.3. The lowest BCUT2D eigenvalue weighted by Gasteiger charge is -2.13. The van der Waals surface area contributed by atoms with Crippen molar-refractivity contribution in [1.29, 1.82) is 5.26 Å². The van der Waals surface area contributed by atoms with Crippen LogP contribution in [-0.2, 0) is 16.6 Å². The van der Waals surface area contributed by atoms with E-state index in [1.807, 2.05) is 97.9 Å². The Morgan fingerprint density at radius 1 is 0.867 bits per heavy atom. The molecule has 0 N–H and O–H groups in total. The highest BCUT2D eigenvalue weighted by atomic mass is 32.2. The number of nitriles is 1. The van der Waals surface area contributed by atoms with Gasteiger partial charge in [-0.3, -0.25) is 4.21 Å². The molecule has 146 valence electrons. The topological polar surface area (TPSA) is 53.8 Å². The van der Waals surface area contributed by atoms with Crippen molar-refractivity contribution in [3.8, 4) is 28.5 Å². The monoisotopic (exact) mass is 408 g/mol. The Bertz CT molecular complexity index is 1230. The maximum absolute atomic E-state index is 13.3. The van der Waals surface area contributed by atoms with E-state index >= 15 is 0 Å². The Morgan fingerprint density at radius 2 is 1.50 bits per heavy atom. The number of rotatable bonds is 5. The van der Waals surface area contributed by atoms with Gasteiger partial charge in [0.05, 0.1) is 27.8 Å². The van der Waals surface area contributed by atoms with Gasteiger partial charge in [0, 0.05) is 11.1 Å². The molecule has 0 saturated heterocycles. The van der Waals surface area contributed by atoms with Crippen LogP contribution in [0.5, 0.6) is 0 Å². The van der Waals surface area contributed by atoms with Crippen molar-refractivity contribution in [3.63, 3.8) is 0 Å². The molecule has 30 heavy (non-hydrogen) atoms. The van der Waals surface area contributed by atoms with Gasteiger partial charge in [-0.2, -0.15) is 5.26 Å². The standard InChI is InChI=1S/C26H20N2OS/c1-19-12-14-22(15-13-19)25-16-23(21-10-6-3-7-11-21)24(17-27)26(28-25)30(29)18-20-8-4-2-5-9-20/h2-16H,18H2,1H3/t30-/m1/s1. The van der Waals surface area contributed by atoms with Gasteiger partial charge in [-0.15, -0.1) is 0 Å². The zero-order valence-corrected chi connectivity index (χ0v) is 17.4. The fraction of sp³-hybridized carbons (Fsp3) is 0.0769. The van der Waals surface area contributed by atoms with Crippen LogP contribution < -0.4 is 0 Å². The number of pyridine rings is 1. The number of aromatic nitrogens is 1. The minimum atomic E-state index is -1.45. The summed E-state index contributed by atoms with van der Waals surface area (Å²) < 4.78 is 13.3. The van der Waals surface area contributed by atoms with Gasteiger partial charge < -0.3 is 0 Å². The van der Waals surface area contributed by atoms with E-state index in [0.29, 0.717) is 22.0 Å². The minimum absolute atomic E-state index is 0.314. The normalized spacial score (nSPS) is 11.6. The largest absolute Gasteiger partial charge is 0.252 e. The highest BCUT2D eigenvalue weighted by Gasteiger charge is 2.20. The quantitative estimate of drug-likeness (QED) is 0.413.